The van der Waals surface area contributed by atoms with Crippen molar-refractivity contribution in [2.24, 2.45) is 11.3 Å². The number of carbonyl (C=O) groups is 1. The summed E-state index contributed by atoms with van der Waals surface area (Å²) in [4.78, 5) is 10.6. The second-order valence-electron chi connectivity index (χ2n) is 5.40. The monoisotopic (exact) mass is 276 g/mol. The van der Waals surface area contributed by atoms with Crippen molar-refractivity contribution in [1.82, 2.24) is 9.78 Å². The number of halogens is 4. The van der Waals surface area contributed by atoms with E-state index in [-0.39, 0.29) is 11.5 Å². The van der Waals surface area contributed by atoms with E-state index in [0.29, 0.717) is 11.1 Å². The lowest BCUT2D eigenvalue weighted by molar-refractivity contribution is -0.138. The largest absolute Gasteiger partial charge is 0.480 e. The molecule has 1 spiro atoms. The summed E-state index contributed by atoms with van der Waals surface area (Å²) in [5.74, 6) is -5.40. The van der Waals surface area contributed by atoms with Gasteiger partial charge in [0.05, 0.1) is 5.41 Å². The number of fused-ring (bicyclic) bond motifs is 3. The molecule has 0 radical (unpaired) electrons. The Labute approximate surface area is 104 Å². The van der Waals surface area contributed by atoms with E-state index in [2.05, 4.69) is 5.10 Å². The fourth-order valence-electron chi connectivity index (χ4n) is 3.68. The van der Waals surface area contributed by atoms with Gasteiger partial charge < -0.3 is 5.11 Å². The van der Waals surface area contributed by atoms with Crippen LogP contribution in [0.3, 0.4) is 0 Å². The van der Waals surface area contributed by atoms with Crippen LogP contribution < -0.4 is 0 Å². The molecule has 3 aliphatic rings. The third-order valence-electron chi connectivity index (χ3n) is 4.61. The molecule has 3 aliphatic carbocycles. The third kappa shape index (κ3) is 0.997. The molecule has 4 nitrogen and oxygen atoms in total. The Morgan fingerprint density at radius 1 is 1.53 bits per heavy atom. The van der Waals surface area contributed by atoms with Crippen LogP contribution in [0, 0.1) is 11.3 Å². The van der Waals surface area contributed by atoms with Gasteiger partial charge in [-0.3, -0.25) is 9.48 Å². The molecule has 1 aromatic rings. The average Bonchev–Trinajstić information content (AvgIpc) is 3.06. The van der Waals surface area contributed by atoms with Gasteiger partial charge in [-0.15, -0.1) is 0 Å². The molecular weight excluding hydrogens is 268 g/mol. The van der Waals surface area contributed by atoms with E-state index < -0.39 is 47.6 Å². The number of hydrogen-bond acceptors (Lipinski definition) is 2. The Bertz CT molecular complexity index is 626. The summed E-state index contributed by atoms with van der Waals surface area (Å²) in [5, 5.41) is 12.1. The third-order valence-corrected chi connectivity index (χ3v) is 4.61. The highest BCUT2D eigenvalue weighted by Crippen LogP contribution is 2.95. The maximum Gasteiger partial charge on any atom is 0.325 e. The molecule has 1 aromatic heterocycles. The number of hydrogen-bond donors (Lipinski definition) is 1. The van der Waals surface area contributed by atoms with Crippen molar-refractivity contribution in [3.63, 3.8) is 0 Å². The minimum atomic E-state index is -3.24. The Kier molecular flexibility index (Phi) is 1.65. The van der Waals surface area contributed by atoms with E-state index in [4.69, 9.17) is 5.11 Å². The Morgan fingerprint density at radius 2 is 2.21 bits per heavy atom. The van der Waals surface area contributed by atoms with Gasteiger partial charge in [-0.05, 0) is 12.3 Å². The number of rotatable bonds is 3. The summed E-state index contributed by atoms with van der Waals surface area (Å²) >= 11 is 0. The number of carboxylic acids is 1. The van der Waals surface area contributed by atoms with Crippen LogP contribution >= 0.6 is 0 Å². The molecule has 3 unspecified atom stereocenters. The van der Waals surface area contributed by atoms with E-state index in [1.54, 1.807) is 0 Å². The zero-order valence-electron chi connectivity index (χ0n) is 9.41. The predicted molar refractivity (Wildman–Crippen MR) is 52.0 cm³/mol. The first-order valence-electron chi connectivity index (χ1n) is 5.81. The van der Waals surface area contributed by atoms with Gasteiger partial charge in [-0.1, -0.05) is 0 Å². The second-order valence-corrected chi connectivity index (χ2v) is 5.40. The first-order chi connectivity index (χ1) is 8.82. The van der Waals surface area contributed by atoms with Crippen molar-refractivity contribution < 1.29 is 27.5 Å². The zero-order valence-corrected chi connectivity index (χ0v) is 9.41. The Morgan fingerprint density at radius 3 is 2.74 bits per heavy atom. The van der Waals surface area contributed by atoms with Crippen LogP contribution in [0.2, 0.25) is 0 Å². The standard InChI is InChI=1S/C11H8F4N2O2/c12-9(13)7-5-6-3-1-10(3,6)11(14,15)8(5)17(16-7)2-4(18)19/h3,6,9H,1-2H2,(H,18,19). The van der Waals surface area contributed by atoms with Crippen LogP contribution in [0.4, 0.5) is 17.6 Å². The number of aliphatic carboxylic acids is 1. The number of alkyl halides is 4. The van der Waals surface area contributed by atoms with Crippen molar-refractivity contribution in [2.75, 3.05) is 0 Å². The molecule has 0 bridgehead atoms. The Balaban J connectivity index is 1.91. The molecule has 8 heteroatoms. The van der Waals surface area contributed by atoms with E-state index in [0.717, 1.165) is 0 Å². The summed E-state index contributed by atoms with van der Waals surface area (Å²) in [7, 11) is 0. The average molecular weight is 276 g/mol. The topological polar surface area (TPSA) is 55.1 Å². The van der Waals surface area contributed by atoms with Crippen LogP contribution in [0.1, 0.15) is 35.7 Å². The highest BCUT2D eigenvalue weighted by Gasteiger charge is 2.94. The van der Waals surface area contributed by atoms with Crippen LogP contribution in [0.25, 0.3) is 0 Å². The molecule has 4 rings (SSSR count). The highest BCUT2D eigenvalue weighted by molar-refractivity contribution is 5.67. The van der Waals surface area contributed by atoms with Gasteiger partial charge in [0, 0.05) is 11.5 Å². The van der Waals surface area contributed by atoms with Gasteiger partial charge in [0.15, 0.2) is 0 Å². The van der Waals surface area contributed by atoms with Crippen molar-refractivity contribution in [2.45, 2.75) is 31.2 Å². The molecule has 102 valence electrons. The highest BCUT2D eigenvalue weighted by atomic mass is 19.3. The van der Waals surface area contributed by atoms with Crippen LogP contribution in [0.15, 0.2) is 0 Å². The number of nitrogens with zero attached hydrogens (tertiary/aromatic N) is 2. The molecule has 19 heavy (non-hydrogen) atoms. The summed E-state index contributed by atoms with van der Waals surface area (Å²) in [6.07, 6.45) is -2.63. The van der Waals surface area contributed by atoms with E-state index in [1.165, 1.54) is 0 Å². The summed E-state index contributed by atoms with van der Waals surface area (Å²) in [6.45, 7) is -0.821. The minimum Gasteiger partial charge on any atom is -0.480 e. The molecular formula is C11H8F4N2O2. The van der Waals surface area contributed by atoms with Gasteiger partial charge in [-0.2, -0.15) is 13.9 Å². The molecule has 3 atom stereocenters. The van der Waals surface area contributed by atoms with Crippen LogP contribution in [-0.2, 0) is 17.3 Å². The minimum absolute atomic E-state index is 0.0995. The predicted octanol–water partition coefficient (Wildman–Crippen LogP) is 2.11. The fraction of sp³-hybridized carbons (Fsp3) is 0.636. The molecule has 0 amide bonds. The first kappa shape index (κ1) is 11.2. The van der Waals surface area contributed by atoms with Crippen molar-refractivity contribution >= 4 is 5.97 Å². The number of carboxylic acid groups (broad SMARTS) is 1. The molecule has 1 heterocycles. The fourth-order valence-corrected chi connectivity index (χ4v) is 3.68. The quantitative estimate of drug-likeness (QED) is 0.860. The maximum atomic E-state index is 14.3. The number of aromatic nitrogens is 2. The summed E-state index contributed by atoms with van der Waals surface area (Å²) < 4.78 is 54.9. The molecule has 1 N–H and O–H groups in total. The lowest BCUT2D eigenvalue weighted by atomic mass is 10.0. The molecule has 0 aliphatic heterocycles. The summed E-state index contributed by atoms with van der Waals surface area (Å²) in [6, 6.07) is 0. The summed E-state index contributed by atoms with van der Waals surface area (Å²) in [5.41, 5.74) is -2.59. The van der Waals surface area contributed by atoms with Gasteiger partial charge >= 0.3 is 5.97 Å². The Hall–Kier alpha value is -1.60. The lowest BCUT2D eigenvalue weighted by Crippen LogP contribution is -2.25. The van der Waals surface area contributed by atoms with E-state index >= 15 is 0 Å². The van der Waals surface area contributed by atoms with Gasteiger partial charge in [0.25, 0.3) is 12.3 Å². The normalized spacial score (nSPS) is 35.8. The molecule has 2 saturated carbocycles. The first-order valence-corrected chi connectivity index (χ1v) is 5.81. The van der Waals surface area contributed by atoms with Crippen molar-refractivity contribution in [3.05, 3.63) is 17.0 Å². The smallest absolute Gasteiger partial charge is 0.325 e. The van der Waals surface area contributed by atoms with E-state index in [1.807, 2.05) is 0 Å². The maximum absolute atomic E-state index is 14.3. The van der Waals surface area contributed by atoms with Crippen molar-refractivity contribution in [1.29, 1.82) is 0 Å². The van der Waals surface area contributed by atoms with Crippen LogP contribution in [-0.4, -0.2) is 20.9 Å². The van der Waals surface area contributed by atoms with Gasteiger partial charge in [-0.25, -0.2) is 8.78 Å². The SMILES string of the molecule is O=C(O)Cn1nc(C(F)F)c2c1C(F)(F)C13CC1C23. The van der Waals surface area contributed by atoms with Crippen molar-refractivity contribution in [3.8, 4) is 0 Å². The lowest BCUT2D eigenvalue weighted by Gasteiger charge is -2.16. The van der Waals surface area contributed by atoms with E-state index in [9.17, 15) is 22.4 Å². The zero-order chi connectivity index (χ0) is 13.7. The van der Waals surface area contributed by atoms with Gasteiger partial charge in [0.1, 0.15) is 17.9 Å². The van der Waals surface area contributed by atoms with Gasteiger partial charge in [0.2, 0.25) is 0 Å². The molecule has 2 fully saturated rings. The van der Waals surface area contributed by atoms with Crippen LogP contribution in [0.5, 0.6) is 0 Å². The molecule has 0 aromatic carbocycles. The second kappa shape index (κ2) is 2.78. The molecule has 0 saturated heterocycles.